The molecule has 2 aromatic rings. The first-order valence-electron chi connectivity index (χ1n) is 5.50. The normalized spacial score (nSPS) is 14.1. The van der Waals surface area contributed by atoms with Gasteiger partial charge in [-0.1, -0.05) is 41.4 Å². The molecule has 0 aliphatic carbocycles. The number of hydrogen-bond acceptors (Lipinski definition) is 2. The monoisotopic (exact) mass is 410 g/mol. The van der Waals surface area contributed by atoms with Gasteiger partial charge in [-0.15, -0.1) is 0 Å². The molecule has 0 bridgehead atoms. The fraction of sp³-hybridized carbons (Fsp3) is 0.0769. The third-order valence-corrected chi connectivity index (χ3v) is 6.80. The largest absolute Gasteiger partial charge is 0.342 e. The SMILES string of the molecule is COP(O)(=S)c1ccccc1-c1cc(Cl)c(Br)cc1Cl. The first-order chi connectivity index (χ1) is 9.36. The summed E-state index contributed by atoms with van der Waals surface area (Å²) in [5.74, 6) is 0. The van der Waals surface area contributed by atoms with Gasteiger partial charge in [-0.05, 0) is 51.5 Å². The third kappa shape index (κ3) is 3.28. The molecule has 0 heterocycles. The van der Waals surface area contributed by atoms with Gasteiger partial charge in [0.05, 0.1) is 5.02 Å². The van der Waals surface area contributed by atoms with E-state index in [9.17, 15) is 4.89 Å². The molecule has 0 radical (unpaired) electrons. The Morgan fingerprint density at radius 2 is 1.80 bits per heavy atom. The first kappa shape index (κ1) is 16.4. The summed E-state index contributed by atoms with van der Waals surface area (Å²) in [6.45, 7) is -3.06. The lowest BCUT2D eigenvalue weighted by Gasteiger charge is -2.18. The van der Waals surface area contributed by atoms with Crippen LogP contribution in [0.4, 0.5) is 0 Å². The fourth-order valence-corrected chi connectivity index (χ4v) is 4.13. The summed E-state index contributed by atoms with van der Waals surface area (Å²) in [5, 5.41) is 1.60. The Hall–Kier alpha value is 0.0700. The summed E-state index contributed by atoms with van der Waals surface area (Å²) in [7, 11) is 1.40. The minimum Gasteiger partial charge on any atom is -0.342 e. The minimum absolute atomic E-state index is 0.514. The van der Waals surface area contributed by atoms with E-state index >= 15 is 0 Å². The average Bonchev–Trinajstić information content (AvgIpc) is 2.43. The van der Waals surface area contributed by atoms with Crippen LogP contribution in [0.3, 0.4) is 0 Å². The van der Waals surface area contributed by atoms with Crippen molar-refractivity contribution in [1.82, 2.24) is 0 Å². The topological polar surface area (TPSA) is 29.5 Å². The third-order valence-electron chi connectivity index (χ3n) is 2.76. The molecule has 2 aromatic carbocycles. The maximum absolute atomic E-state index is 10.3. The molecule has 0 fully saturated rings. The molecule has 7 heteroatoms. The predicted molar refractivity (Wildman–Crippen MR) is 92.7 cm³/mol. The van der Waals surface area contributed by atoms with Crippen LogP contribution in [0.1, 0.15) is 0 Å². The Bertz CT molecular complexity index is 709. The predicted octanol–water partition coefficient (Wildman–Crippen LogP) is 5.00. The van der Waals surface area contributed by atoms with Crippen molar-refractivity contribution in [2.75, 3.05) is 7.11 Å². The van der Waals surface area contributed by atoms with Crippen LogP contribution in [0.5, 0.6) is 0 Å². The van der Waals surface area contributed by atoms with E-state index in [0.717, 1.165) is 5.56 Å². The molecule has 0 saturated heterocycles. The van der Waals surface area contributed by atoms with Crippen LogP contribution < -0.4 is 5.30 Å². The van der Waals surface area contributed by atoms with Crippen molar-refractivity contribution in [2.45, 2.75) is 0 Å². The Morgan fingerprint density at radius 1 is 1.15 bits per heavy atom. The molecule has 1 N–H and O–H groups in total. The molecular weight excluding hydrogens is 402 g/mol. The second kappa shape index (κ2) is 6.45. The van der Waals surface area contributed by atoms with Gasteiger partial charge >= 0.3 is 0 Å². The average molecular weight is 412 g/mol. The molecule has 1 unspecified atom stereocenters. The maximum atomic E-state index is 10.3. The van der Waals surface area contributed by atoms with Gasteiger partial charge in [0.15, 0.2) is 0 Å². The van der Waals surface area contributed by atoms with Crippen molar-refractivity contribution >= 4 is 62.7 Å². The summed E-state index contributed by atoms with van der Waals surface area (Å²) in [6, 6.07) is 10.7. The van der Waals surface area contributed by atoms with Crippen LogP contribution in [0.15, 0.2) is 40.9 Å². The van der Waals surface area contributed by atoms with E-state index in [1.54, 1.807) is 24.3 Å². The van der Waals surface area contributed by atoms with Crippen molar-refractivity contribution in [3.05, 3.63) is 50.9 Å². The zero-order valence-electron chi connectivity index (χ0n) is 10.3. The van der Waals surface area contributed by atoms with Gasteiger partial charge in [-0.3, -0.25) is 0 Å². The van der Waals surface area contributed by atoms with E-state index in [0.29, 0.717) is 25.4 Å². The van der Waals surface area contributed by atoms with Gasteiger partial charge in [0.2, 0.25) is 6.49 Å². The van der Waals surface area contributed by atoms with Crippen LogP contribution in [-0.4, -0.2) is 12.0 Å². The minimum atomic E-state index is -3.06. The van der Waals surface area contributed by atoms with E-state index in [4.69, 9.17) is 39.5 Å². The zero-order chi connectivity index (χ0) is 14.9. The smallest absolute Gasteiger partial charge is 0.217 e. The first-order valence-corrected chi connectivity index (χ1v) is 9.72. The van der Waals surface area contributed by atoms with Crippen molar-refractivity contribution in [2.24, 2.45) is 0 Å². The van der Waals surface area contributed by atoms with Gasteiger partial charge in [0.25, 0.3) is 0 Å². The summed E-state index contributed by atoms with van der Waals surface area (Å²) in [4.78, 5) is 10.3. The standard InChI is InChI=1S/C13H10BrCl2O2PS/c1-18-19(17,20)13-5-3-2-4-8(13)9-6-12(16)10(14)7-11(9)15/h2-7H,1H3,(H,17,20). The zero-order valence-corrected chi connectivity index (χ0v) is 15.1. The van der Waals surface area contributed by atoms with Gasteiger partial charge < -0.3 is 9.42 Å². The second-order valence-electron chi connectivity index (χ2n) is 3.97. The van der Waals surface area contributed by atoms with Gasteiger partial charge in [-0.2, -0.15) is 0 Å². The van der Waals surface area contributed by atoms with Crippen molar-refractivity contribution in [3.8, 4) is 11.1 Å². The van der Waals surface area contributed by atoms with Crippen LogP contribution in [0.25, 0.3) is 11.1 Å². The Kier molecular flexibility index (Phi) is 5.30. The van der Waals surface area contributed by atoms with Gasteiger partial charge in [0.1, 0.15) is 0 Å². The fourth-order valence-electron chi connectivity index (χ4n) is 1.78. The number of benzene rings is 2. The van der Waals surface area contributed by atoms with Crippen LogP contribution >= 0.6 is 45.6 Å². The van der Waals surface area contributed by atoms with E-state index < -0.39 is 6.49 Å². The van der Waals surface area contributed by atoms with Crippen molar-refractivity contribution < 1.29 is 9.42 Å². The van der Waals surface area contributed by atoms with E-state index in [2.05, 4.69) is 15.9 Å². The lowest BCUT2D eigenvalue weighted by Crippen LogP contribution is -2.09. The Labute approximate surface area is 141 Å². The number of halogens is 3. The summed E-state index contributed by atoms with van der Waals surface area (Å²) in [5.41, 5.74) is 1.43. The van der Waals surface area contributed by atoms with Crippen LogP contribution in [0.2, 0.25) is 10.0 Å². The second-order valence-corrected chi connectivity index (χ2v) is 9.01. The quantitative estimate of drug-likeness (QED) is 0.569. The summed E-state index contributed by atoms with van der Waals surface area (Å²) < 4.78 is 5.78. The molecule has 0 aromatic heterocycles. The molecule has 0 spiro atoms. The molecule has 0 aliphatic heterocycles. The van der Waals surface area contributed by atoms with Gasteiger partial charge in [0, 0.05) is 27.5 Å². The molecule has 20 heavy (non-hydrogen) atoms. The molecule has 0 saturated carbocycles. The highest BCUT2D eigenvalue weighted by molar-refractivity contribution is 9.10. The molecule has 0 amide bonds. The molecular formula is C13H10BrCl2O2PS. The number of rotatable bonds is 3. The molecule has 0 aliphatic rings. The molecule has 2 rings (SSSR count). The Balaban J connectivity index is 2.72. The Morgan fingerprint density at radius 3 is 2.45 bits per heavy atom. The summed E-state index contributed by atoms with van der Waals surface area (Å²) >= 11 is 20.9. The van der Waals surface area contributed by atoms with E-state index in [-0.39, 0.29) is 0 Å². The summed E-state index contributed by atoms with van der Waals surface area (Å²) in [6.07, 6.45) is 0. The van der Waals surface area contributed by atoms with Crippen LogP contribution in [-0.2, 0) is 16.3 Å². The molecule has 2 nitrogen and oxygen atoms in total. The molecule has 1 atom stereocenters. The van der Waals surface area contributed by atoms with E-state index in [1.807, 2.05) is 12.1 Å². The highest BCUT2D eigenvalue weighted by Crippen LogP contribution is 2.45. The van der Waals surface area contributed by atoms with Gasteiger partial charge in [-0.25, -0.2) is 0 Å². The lowest BCUT2D eigenvalue weighted by molar-refractivity contribution is 0.398. The number of hydrogen-bond donors (Lipinski definition) is 1. The van der Waals surface area contributed by atoms with E-state index in [1.165, 1.54) is 7.11 Å². The van der Waals surface area contributed by atoms with Crippen LogP contribution in [0, 0.1) is 0 Å². The lowest BCUT2D eigenvalue weighted by atomic mass is 10.1. The maximum Gasteiger partial charge on any atom is 0.217 e. The highest BCUT2D eigenvalue weighted by atomic mass is 79.9. The van der Waals surface area contributed by atoms with Crippen molar-refractivity contribution in [1.29, 1.82) is 0 Å². The molecule has 106 valence electrons. The van der Waals surface area contributed by atoms with Crippen molar-refractivity contribution in [3.63, 3.8) is 0 Å². The highest BCUT2D eigenvalue weighted by Gasteiger charge is 2.21.